The molecule has 30 heavy (non-hydrogen) atoms. The van der Waals surface area contributed by atoms with Gasteiger partial charge >= 0.3 is 6.03 Å². The molecule has 0 unspecified atom stereocenters. The van der Waals surface area contributed by atoms with Crippen LogP contribution in [0.25, 0.3) is 0 Å². The molecule has 7 nitrogen and oxygen atoms in total. The molecule has 0 saturated carbocycles. The third-order valence-electron chi connectivity index (χ3n) is 5.14. The number of halogens is 2. The molecule has 0 aliphatic carbocycles. The van der Waals surface area contributed by atoms with Crippen LogP contribution in [0.15, 0.2) is 48.5 Å². The van der Waals surface area contributed by atoms with Gasteiger partial charge in [-0.15, -0.1) is 0 Å². The Bertz CT molecular complexity index is 970. The molecule has 1 saturated heterocycles. The molecule has 0 radical (unpaired) electrons. The number of urea groups is 1. The number of benzene rings is 2. The molecule has 1 aliphatic heterocycles. The van der Waals surface area contributed by atoms with Crippen molar-refractivity contribution in [1.29, 1.82) is 0 Å². The Labute approximate surface area is 172 Å². The standard InChI is InChI=1S/C21H22F2N4O3/c1-3-21(15-7-5-4-6-8-15)19(29)27(20(30)25-21)26-18(28)12-24-13(2)14-9-10-16(22)17(23)11-14/h4-11,13,24H,3,12H2,1-2H3,(H,25,30)(H,26,28)/t13-,21+/m1/s1. The molecule has 2 aromatic carbocycles. The van der Waals surface area contributed by atoms with E-state index in [1.165, 1.54) is 6.07 Å². The molecule has 2 aromatic rings. The third-order valence-corrected chi connectivity index (χ3v) is 5.14. The SMILES string of the molecule is CC[C@@]1(c2ccccc2)NC(=O)N(NC(=O)CN[C@H](C)c2ccc(F)c(F)c2)C1=O. The zero-order valence-electron chi connectivity index (χ0n) is 16.5. The summed E-state index contributed by atoms with van der Waals surface area (Å²) in [5.74, 6) is -3.15. The number of carbonyl (C=O) groups excluding carboxylic acids is 3. The van der Waals surface area contributed by atoms with Crippen LogP contribution in [0.5, 0.6) is 0 Å². The zero-order valence-corrected chi connectivity index (χ0v) is 16.5. The lowest BCUT2D eigenvalue weighted by Gasteiger charge is -2.25. The van der Waals surface area contributed by atoms with Gasteiger partial charge in [0.25, 0.3) is 11.8 Å². The van der Waals surface area contributed by atoms with Crippen molar-refractivity contribution in [2.24, 2.45) is 0 Å². The molecule has 0 spiro atoms. The first-order valence-electron chi connectivity index (χ1n) is 9.48. The summed E-state index contributed by atoms with van der Waals surface area (Å²) >= 11 is 0. The Morgan fingerprint density at radius 3 is 2.47 bits per heavy atom. The number of carbonyl (C=O) groups is 3. The van der Waals surface area contributed by atoms with Gasteiger partial charge in [0.1, 0.15) is 5.54 Å². The van der Waals surface area contributed by atoms with Gasteiger partial charge in [0, 0.05) is 6.04 Å². The number of amides is 4. The largest absolute Gasteiger partial charge is 0.344 e. The van der Waals surface area contributed by atoms with Gasteiger partial charge in [0.15, 0.2) is 11.6 Å². The molecule has 1 heterocycles. The summed E-state index contributed by atoms with van der Waals surface area (Å²) in [5, 5.41) is 6.18. The Balaban J connectivity index is 1.64. The second-order valence-corrected chi connectivity index (χ2v) is 7.01. The number of rotatable bonds is 7. The molecule has 3 N–H and O–H groups in total. The zero-order chi connectivity index (χ0) is 21.9. The predicted octanol–water partition coefficient (Wildman–Crippen LogP) is 2.50. The maximum absolute atomic E-state index is 13.4. The van der Waals surface area contributed by atoms with E-state index >= 15 is 0 Å². The van der Waals surface area contributed by atoms with Gasteiger partial charge in [-0.25, -0.2) is 13.6 Å². The number of hydrogen-bond donors (Lipinski definition) is 3. The van der Waals surface area contributed by atoms with E-state index in [9.17, 15) is 23.2 Å². The molecular formula is C21H22F2N4O3. The topological polar surface area (TPSA) is 90.5 Å². The summed E-state index contributed by atoms with van der Waals surface area (Å²) < 4.78 is 26.4. The molecule has 2 atom stereocenters. The number of nitrogens with zero attached hydrogens (tertiary/aromatic N) is 1. The molecule has 9 heteroatoms. The van der Waals surface area contributed by atoms with Crippen molar-refractivity contribution in [3.63, 3.8) is 0 Å². The molecule has 4 amide bonds. The molecular weight excluding hydrogens is 394 g/mol. The first kappa shape index (κ1) is 21.4. The van der Waals surface area contributed by atoms with Crippen LogP contribution in [0.2, 0.25) is 0 Å². The third kappa shape index (κ3) is 4.02. The Kier molecular flexibility index (Phi) is 6.12. The maximum Gasteiger partial charge on any atom is 0.344 e. The summed E-state index contributed by atoms with van der Waals surface area (Å²) in [5.41, 5.74) is 2.12. The van der Waals surface area contributed by atoms with Crippen molar-refractivity contribution in [2.45, 2.75) is 31.8 Å². The van der Waals surface area contributed by atoms with Crippen molar-refractivity contribution in [1.82, 2.24) is 21.1 Å². The smallest absolute Gasteiger partial charge is 0.318 e. The van der Waals surface area contributed by atoms with Crippen LogP contribution in [0.1, 0.15) is 37.4 Å². The highest BCUT2D eigenvalue weighted by atomic mass is 19.2. The Morgan fingerprint density at radius 1 is 1.13 bits per heavy atom. The predicted molar refractivity (Wildman–Crippen MR) is 105 cm³/mol. The van der Waals surface area contributed by atoms with E-state index < -0.39 is 41.1 Å². The number of hydrazine groups is 1. The van der Waals surface area contributed by atoms with E-state index in [4.69, 9.17) is 0 Å². The lowest BCUT2D eigenvalue weighted by atomic mass is 9.87. The van der Waals surface area contributed by atoms with Gasteiger partial charge in [-0.05, 0) is 36.6 Å². The van der Waals surface area contributed by atoms with E-state index in [-0.39, 0.29) is 6.54 Å². The number of hydrogen-bond acceptors (Lipinski definition) is 4. The van der Waals surface area contributed by atoms with Crippen molar-refractivity contribution in [2.75, 3.05) is 6.54 Å². The van der Waals surface area contributed by atoms with Crippen molar-refractivity contribution >= 4 is 17.8 Å². The summed E-state index contributed by atoms with van der Waals surface area (Å²) in [6.45, 7) is 3.19. The Hall–Kier alpha value is -3.33. The minimum Gasteiger partial charge on any atom is -0.318 e. The van der Waals surface area contributed by atoms with Crippen LogP contribution in [0.4, 0.5) is 13.6 Å². The van der Waals surface area contributed by atoms with Crippen LogP contribution < -0.4 is 16.1 Å². The quantitative estimate of drug-likeness (QED) is 0.605. The minimum atomic E-state index is -1.25. The average Bonchev–Trinajstić information content (AvgIpc) is 2.99. The van der Waals surface area contributed by atoms with E-state index in [0.29, 0.717) is 22.6 Å². The van der Waals surface area contributed by atoms with Gasteiger partial charge in [-0.3, -0.25) is 15.0 Å². The van der Waals surface area contributed by atoms with Crippen molar-refractivity contribution in [3.05, 3.63) is 71.3 Å². The molecule has 1 fully saturated rings. The fraction of sp³-hybridized carbons (Fsp3) is 0.286. The van der Waals surface area contributed by atoms with Crippen LogP contribution >= 0.6 is 0 Å². The number of nitrogens with one attached hydrogen (secondary N) is 3. The lowest BCUT2D eigenvalue weighted by Crippen LogP contribution is -2.50. The van der Waals surface area contributed by atoms with E-state index in [2.05, 4.69) is 16.1 Å². The fourth-order valence-electron chi connectivity index (χ4n) is 3.35. The highest BCUT2D eigenvalue weighted by molar-refractivity contribution is 6.08. The summed E-state index contributed by atoms with van der Waals surface area (Å²) in [6.07, 6.45) is 0.305. The summed E-state index contributed by atoms with van der Waals surface area (Å²) in [4.78, 5) is 37.6. The molecule has 0 bridgehead atoms. The van der Waals surface area contributed by atoms with E-state index in [1.807, 2.05) is 0 Å². The molecule has 3 rings (SSSR count). The molecule has 158 valence electrons. The fourth-order valence-corrected chi connectivity index (χ4v) is 3.35. The highest BCUT2D eigenvalue weighted by Gasteiger charge is 2.52. The first-order chi connectivity index (χ1) is 14.3. The van der Waals surface area contributed by atoms with Crippen LogP contribution in [0.3, 0.4) is 0 Å². The van der Waals surface area contributed by atoms with E-state index in [1.54, 1.807) is 44.2 Å². The van der Waals surface area contributed by atoms with Crippen LogP contribution in [0, 0.1) is 11.6 Å². The monoisotopic (exact) mass is 416 g/mol. The Morgan fingerprint density at radius 2 is 1.83 bits per heavy atom. The van der Waals surface area contributed by atoms with Gasteiger partial charge in [-0.2, -0.15) is 5.01 Å². The van der Waals surface area contributed by atoms with E-state index in [0.717, 1.165) is 12.1 Å². The van der Waals surface area contributed by atoms with Crippen molar-refractivity contribution in [3.8, 4) is 0 Å². The lowest BCUT2D eigenvalue weighted by molar-refractivity contribution is -0.139. The second kappa shape index (κ2) is 8.58. The van der Waals surface area contributed by atoms with Crippen LogP contribution in [-0.4, -0.2) is 29.4 Å². The molecule has 0 aromatic heterocycles. The van der Waals surface area contributed by atoms with Crippen LogP contribution in [-0.2, 0) is 15.1 Å². The van der Waals surface area contributed by atoms with Gasteiger partial charge in [0.05, 0.1) is 6.54 Å². The first-order valence-corrected chi connectivity index (χ1v) is 9.48. The molecule has 1 aliphatic rings. The average molecular weight is 416 g/mol. The summed E-state index contributed by atoms with van der Waals surface area (Å²) in [7, 11) is 0. The second-order valence-electron chi connectivity index (χ2n) is 7.01. The maximum atomic E-state index is 13.4. The van der Waals surface area contributed by atoms with Gasteiger partial charge < -0.3 is 10.6 Å². The van der Waals surface area contributed by atoms with Gasteiger partial charge in [-0.1, -0.05) is 43.3 Å². The normalized spacial score (nSPS) is 19.5. The van der Waals surface area contributed by atoms with Crippen molar-refractivity contribution < 1.29 is 23.2 Å². The number of imide groups is 1. The highest BCUT2D eigenvalue weighted by Crippen LogP contribution is 2.31. The minimum absolute atomic E-state index is 0.248. The van der Waals surface area contributed by atoms with Gasteiger partial charge in [0.2, 0.25) is 0 Å². The summed E-state index contributed by atoms with van der Waals surface area (Å²) in [6, 6.07) is 11.0.